The van der Waals surface area contributed by atoms with Crippen molar-refractivity contribution in [2.75, 3.05) is 18.4 Å². The standard InChI is InChI=1S/C20H22N4S/c1-20-8-3-2-4-15(20)17-14(7-11-22-18(17)24-20)16-12-23-19(25-16)13-5-9-21-10-6-13/h2-4,7-8,11-13,15,21H,5-6,9-10H2,1H3,(H,22,24). The Kier molecular flexibility index (Phi) is 3.54. The molecule has 1 saturated heterocycles. The van der Waals surface area contributed by atoms with Crippen LogP contribution < -0.4 is 10.6 Å². The number of allylic oxidation sites excluding steroid dienone is 2. The van der Waals surface area contributed by atoms with Gasteiger partial charge in [-0.15, -0.1) is 11.3 Å². The summed E-state index contributed by atoms with van der Waals surface area (Å²) in [7, 11) is 0. The number of nitrogens with zero attached hydrogens (tertiary/aromatic N) is 2. The van der Waals surface area contributed by atoms with Crippen LogP contribution in [0.1, 0.15) is 42.2 Å². The lowest BCUT2D eigenvalue weighted by molar-refractivity contribution is 0.459. The Morgan fingerprint density at radius 3 is 2.96 bits per heavy atom. The average molecular weight is 350 g/mol. The summed E-state index contributed by atoms with van der Waals surface area (Å²) in [6.45, 7) is 4.45. The van der Waals surface area contributed by atoms with Crippen LogP contribution >= 0.6 is 11.3 Å². The van der Waals surface area contributed by atoms with Gasteiger partial charge in [-0.2, -0.15) is 0 Å². The van der Waals surface area contributed by atoms with Crippen LogP contribution in [-0.4, -0.2) is 28.6 Å². The number of nitrogens with one attached hydrogen (secondary N) is 2. The molecule has 0 saturated carbocycles. The third-order valence-electron chi connectivity index (χ3n) is 5.67. The van der Waals surface area contributed by atoms with E-state index in [9.17, 15) is 0 Å². The lowest BCUT2D eigenvalue weighted by Gasteiger charge is -2.29. The van der Waals surface area contributed by atoms with Crippen molar-refractivity contribution in [3.8, 4) is 10.4 Å². The van der Waals surface area contributed by atoms with Gasteiger partial charge in [-0.3, -0.25) is 0 Å². The first kappa shape index (κ1) is 15.3. The van der Waals surface area contributed by atoms with E-state index in [4.69, 9.17) is 4.98 Å². The fraction of sp³-hybridized carbons (Fsp3) is 0.400. The molecule has 1 fully saturated rings. The molecule has 2 aromatic heterocycles. The van der Waals surface area contributed by atoms with E-state index in [2.05, 4.69) is 59.1 Å². The van der Waals surface area contributed by atoms with Crippen molar-refractivity contribution >= 4 is 17.2 Å². The molecule has 3 aliphatic rings. The van der Waals surface area contributed by atoms with E-state index < -0.39 is 0 Å². The SMILES string of the molecule is CC12C=CC=CC1c1c(-c3cnc(C4CCNCC4)s3)ccnc1N2. The van der Waals surface area contributed by atoms with E-state index in [1.165, 1.54) is 33.9 Å². The van der Waals surface area contributed by atoms with Crippen LogP contribution in [0.4, 0.5) is 5.82 Å². The second-order valence-electron chi connectivity index (χ2n) is 7.34. The number of anilines is 1. The maximum absolute atomic E-state index is 4.78. The van der Waals surface area contributed by atoms with Crippen LogP contribution in [0.3, 0.4) is 0 Å². The van der Waals surface area contributed by atoms with Gasteiger partial charge in [0.1, 0.15) is 5.82 Å². The molecule has 0 bridgehead atoms. The number of rotatable bonds is 2. The first-order chi connectivity index (χ1) is 12.2. The Morgan fingerprint density at radius 2 is 2.08 bits per heavy atom. The highest BCUT2D eigenvalue weighted by Gasteiger charge is 2.42. The van der Waals surface area contributed by atoms with E-state index in [0.29, 0.717) is 11.8 Å². The minimum absolute atomic E-state index is 0.0806. The third kappa shape index (κ3) is 2.45. The average Bonchev–Trinajstić information content (AvgIpc) is 3.24. The molecule has 2 unspecified atom stereocenters. The van der Waals surface area contributed by atoms with Gasteiger partial charge in [0.15, 0.2) is 0 Å². The number of fused-ring (bicyclic) bond motifs is 3. The van der Waals surface area contributed by atoms with Crippen molar-refractivity contribution < 1.29 is 0 Å². The molecule has 4 heterocycles. The van der Waals surface area contributed by atoms with Crippen LogP contribution in [0, 0.1) is 0 Å². The van der Waals surface area contributed by atoms with Crippen molar-refractivity contribution in [1.29, 1.82) is 0 Å². The highest BCUT2D eigenvalue weighted by Crippen LogP contribution is 2.49. The summed E-state index contributed by atoms with van der Waals surface area (Å²) in [5.74, 6) is 1.94. The van der Waals surface area contributed by atoms with E-state index >= 15 is 0 Å². The fourth-order valence-corrected chi connectivity index (χ4v) is 5.40. The maximum atomic E-state index is 4.78. The molecule has 0 aromatic carbocycles. The second kappa shape index (κ2) is 5.78. The third-order valence-corrected chi connectivity index (χ3v) is 6.86. The first-order valence-electron chi connectivity index (χ1n) is 9.04. The number of piperidine rings is 1. The van der Waals surface area contributed by atoms with Gasteiger partial charge in [-0.05, 0) is 38.9 Å². The van der Waals surface area contributed by atoms with E-state index in [-0.39, 0.29) is 5.54 Å². The number of aromatic nitrogens is 2. The summed E-state index contributed by atoms with van der Waals surface area (Å²) in [4.78, 5) is 10.7. The summed E-state index contributed by atoms with van der Waals surface area (Å²) in [5.41, 5.74) is 2.51. The van der Waals surface area contributed by atoms with E-state index in [0.717, 1.165) is 18.9 Å². The van der Waals surface area contributed by atoms with Crippen molar-refractivity contribution in [3.05, 3.63) is 53.3 Å². The molecule has 5 heteroatoms. The van der Waals surface area contributed by atoms with Gasteiger partial charge >= 0.3 is 0 Å². The number of hydrogen-bond acceptors (Lipinski definition) is 5. The lowest BCUT2D eigenvalue weighted by Crippen LogP contribution is -2.34. The van der Waals surface area contributed by atoms with E-state index in [1.54, 1.807) is 0 Å². The van der Waals surface area contributed by atoms with Gasteiger partial charge < -0.3 is 10.6 Å². The molecule has 4 nitrogen and oxygen atoms in total. The normalized spacial score (nSPS) is 27.8. The molecule has 25 heavy (non-hydrogen) atoms. The number of thiazole rings is 1. The van der Waals surface area contributed by atoms with Gasteiger partial charge in [-0.1, -0.05) is 24.3 Å². The molecular formula is C20H22N4S. The summed E-state index contributed by atoms with van der Waals surface area (Å²) in [6.07, 6.45) is 15.2. The zero-order chi connectivity index (χ0) is 16.9. The van der Waals surface area contributed by atoms with Gasteiger partial charge in [-0.25, -0.2) is 9.97 Å². The molecule has 2 atom stereocenters. The molecule has 1 aliphatic carbocycles. The fourth-order valence-electron chi connectivity index (χ4n) is 4.28. The van der Waals surface area contributed by atoms with Crippen molar-refractivity contribution in [1.82, 2.24) is 15.3 Å². The lowest BCUT2D eigenvalue weighted by atomic mass is 9.80. The van der Waals surface area contributed by atoms with Gasteiger partial charge in [0.25, 0.3) is 0 Å². The Bertz CT molecular complexity index is 862. The number of pyridine rings is 1. The highest BCUT2D eigenvalue weighted by molar-refractivity contribution is 7.15. The largest absolute Gasteiger partial charge is 0.360 e. The highest BCUT2D eigenvalue weighted by atomic mass is 32.1. The predicted octanol–water partition coefficient (Wildman–Crippen LogP) is 4.07. The predicted molar refractivity (Wildman–Crippen MR) is 103 cm³/mol. The maximum Gasteiger partial charge on any atom is 0.131 e. The van der Waals surface area contributed by atoms with Crippen molar-refractivity contribution in [3.63, 3.8) is 0 Å². The second-order valence-corrected chi connectivity index (χ2v) is 8.40. The Morgan fingerprint density at radius 1 is 1.20 bits per heavy atom. The van der Waals surface area contributed by atoms with Crippen LogP contribution in [0.15, 0.2) is 42.8 Å². The van der Waals surface area contributed by atoms with Crippen LogP contribution in [0.5, 0.6) is 0 Å². The first-order valence-corrected chi connectivity index (χ1v) is 9.86. The Hall–Kier alpha value is -1.98. The Labute approximate surface area is 152 Å². The molecule has 2 N–H and O–H groups in total. The summed E-state index contributed by atoms with van der Waals surface area (Å²) in [6, 6.07) is 2.15. The summed E-state index contributed by atoms with van der Waals surface area (Å²) >= 11 is 1.86. The quantitative estimate of drug-likeness (QED) is 0.857. The monoisotopic (exact) mass is 350 g/mol. The zero-order valence-electron chi connectivity index (χ0n) is 14.3. The summed E-state index contributed by atoms with van der Waals surface area (Å²) in [5, 5.41) is 8.35. The molecule has 0 amide bonds. The van der Waals surface area contributed by atoms with Gasteiger partial charge in [0.2, 0.25) is 0 Å². The minimum atomic E-state index is -0.0806. The van der Waals surface area contributed by atoms with Crippen LogP contribution in [0.25, 0.3) is 10.4 Å². The van der Waals surface area contributed by atoms with Crippen LogP contribution in [-0.2, 0) is 0 Å². The van der Waals surface area contributed by atoms with Crippen molar-refractivity contribution in [2.24, 2.45) is 0 Å². The van der Waals surface area contributed by atoms with E-state index in [1.807, 2.05) is 17.5 Å². The number of hydrogen-bond donors (Lipinski definition) is 2. The molecule has 0 spiro atoms. The summed E-state index contributed by atoms with van der Waals surface area (Å²) < 4.78 is 0. The Balaban J connectivity index is 1.55. The molecular weight excluding hydrogens is 328 g/mol. The molecule has 2 aromatic rings. The molecule has 128 valence electrons. The molecule has 5 rings (SSSR count). The van der Waals surface area contributed by atoms with Crippen LogP contribution in [0.2, 0.25) is 0 Å². The van der Waals surface area contributed by atoms with Crippen molar-refractivity contribution in [2.45, 2.75) is 37.1 Å². The zero-order valence-corrected chi connectivity index (χ0v) is 15.1. The minimum Gasteiger partial charge on any atom is -0.360 e. The molecule has 0 radical (unpaired) electrons. The molecule has 2 aliphatic heterocycles. The smallest absolute Gasteiger partial charge is 0.131 e. The topological polar surface area (TPSA) is 49.8 Å². The van der Waals surface area contributed by atoms with Gasteiger partial charge in [0, 0.05) is 35.4 Å². The van der Waals surface area contributed by atoms with Gasteiger partial charge in [0.05, 0.1) is 15.4 Å².